The van der Waals surface area contributed by atoms with Gasteiger partial charge in [0.2, 0.25) is 5.91 Å². The van der Waals surface area contributed by atoms with E-state index < -0.39 is 0 Å². The molecule has 20 heavy (non-hydrogen) atoms. The molecule has 2 heterocycles. The molecular formula is C14H25ClN4O. The van der Waals surface area contributed by atoms with Gasteiger partial charge < -0.3 is 10.6 Å². The fraction of sp³-hybridized carbons (Fsp3) is 0.714. The second kappa shape index (κ2) is 7.09. The predicted octanol–water partition coefficient (Wildman–Crippen LogP) is 1.31. The van der Waals surface area contributed by atoms with Crippen molar-refractivity contribution in [2.45, 2.75) is 32.7 Å². The van der Waals surface area contributed by atoms with Gasteiger partial charge in [-0.05, 0) is 18.4 Å². The van der Waals surface area contributed by atoms with E-state index in [0.717, 1.165) is 18.7 Å². The van der Waals surface area contributed by atoms with Crippen LogP contribution in [0.2, 0.25) is 0 Å². The highest BCUT2D eigenvalue weighted by Crippen LogP contribution is 2.28. The van der Waals surface area contributed by atoms with Crippen LogP contribution in [0.25, 0.3) is 0 Å². The van der Waals surface area contributed by atoms with Crippen LogP contribution in [0.5, 0.6) is 0 Å². The summed E-state index contributed by atoms with van der Waals surface area (Å²) in [6.07, 6.45) is 3.87. The van der Waals surface area contributed by atoms with Gasteiger partial charge in [-0.2, -0.15) is 5.10 Å². The average Bonchev–Trinajstić information content (AvgIpc) is 2.96. The van der Waals surface area contributed by atoms with Crippen molar-refractivity contribution < 1.29 is 4.79 Å². The van der Waals surface area contributed by atoms with Gasteiger partial charge in [-0.15, -0.1) is 12.4 Å². The zero-order chi connectivity index (χ0) is 14.0. The molecule has 0 radical (unpaired) electrons. The molecule has 0 bridgehead atoms. The molecule has 1 saturated heterocycles. The van der Waals surface area contributed by atoms with Gasteiger partial charge in [-0.1, -0.05) is 13.8 Å². The molecule has 1 unspecified atom stereocenters. The molecule has 0 spiro atoms. The number of nitrogens with zero attached hydrogens (tertiary/aromatic N) is 2. The number of carbonyl (C=O) groups excluding carboxylic acids is 1. The SMILES string of the molecule is CC(C)C(C)NC(=O)[C@H]1CNC[C@@H]1c1cnn(C)c1.Cl. The van der Waals surface area contributed by atoms with E-state index in [4.69, 9.17) is 0 Å². The summed E-state index contributed by atoms with van der Waals surface area (Å²) in [5.41, 5.74) is 1.14. The van der Waals surface area contributed by atoms with Crippen molar-refractivity contribution >= 4 is 18.3 Å². The molecule has 1 aromatic rings. The Morgan fingerprint density at radius 2 is 2.15 bits per heavy atom. The first-order chi connectivity index (χ1) is 8.99. The van der Waals surface area contributed by atoms with E-state index in [2.05, 4.69) is 36.5 Å². The lowest BCUT2D eigenvalue weighted by atomic mass is 9.89. The van der Waals surface area contributed by atoms with Crippen molar-refractivity contribution in [3.05, 3.63) is 18.0 Å². The molecule has 1 fully saturated rings. The van der Waals surface area contributed by atoms with Crippen molar-refractivity contribution in [1.82, 2.24) is 20.4 Å². The number of nitrogens with one attached hydrogen (secondary N) is 2. The molecule has 1 aliphatic heterocycles. The Balaban J connectivity index is 0.00000200. The lowest BCUT2D eigenvalue weighted by Crippen LogP contribution is -2.41. The Morgan fingerprint density at radius 3 is 2.70 bits per heavy atom. The van der Waals surface area contributed by atoms with E-state index in [9.17, 15) is 4.79 Å². The number of hydrogen-bond donors (Lipinski definition) is 2. The molecule has 3 atom stereocenters. The summed E-state index contributed by atoms with van der Waals surface area (Å²) in [6.45, 7) is 7.90. The first kappa shape index (κ1) is 17.0. The second-order valence-corrected chi connectivity index (χ2v) is 5.86. The third-order valence-electron chi connectivity index (χ3n) is 4.07. The summed E-state index contributed by atoms with van der Waals surface area (Å²) < 4.78 is 1.79. The number of halogens is 1. The average molecular weight is 301 g/mol. The van der Waals surface area contributed by atoms with Crippen LogP contribution in [0.15, 0.2) is 12.4 Å². The Hall–Kier alpha value is -1.07. The maximum Gasteiger partial charge on any atom is 0.225 e. The molecule has 0 aromatic carbocycles. The van der Waals surface area contributed by atoms with Gasteiger partial charge in [0, 0.05) is 38.3 Å². The molecule has 0 saturated carbocycles. The molecule has 0 aliphatic carbocycles. The van der Waals surface area contributed by atoms with E-state index in [1.165, 1.54) is 0 Å². The van der Waals surface area contributed by atoms with Gasteiger partial charge in [-0.3, -0.25) is 9.48 Å². The van der Waals surface area contributed by atoms with Crippen LogP contribution in [0.3, 0.4) is 0 Å². The molecule has 5 nitrogen and oxygen atoms in total. The van der Waals surface area contributed by atoms with Gasteiger partial charge in [0.1, 0.15) is 0 Å². The highest BCUT2D eigenvalue weighted by molar-refractivity contribution is 5.85. The van der Waals surface area contributed by atoms with E-state index >= 15 is 0 Å². The van der Waals surface area contributed by atoms with Crippen LogP contribution in [-0.2, 0) is 11.8 Å². The lowest BCUT2D eigenvalue weighted by Gasteiger charge is -2.22. The van der Waals surface area contributed by atoms with Crippen LogP contribution in [0.1, 0.15) is 32.3 Å². The first-order valence-corrected chi connectivity index (χ1v) is 6.98. The summed E-state index contributed by atoms with van der Waals surface area (Å²) in [7, 11) is 1.90. The zero-order valence-corrected chi connectivity index (χ0v) is 13.4. The van der Waals surface area contributed by atoms with E-state index in [0.29, 0.717) is 5.92 Å². The smallest absolute Gasteiger partial charge is 0.225 e. The fourth-order valence-corrected chi connectivity index (χ4v) is 2.43. The second-order valence-electron chi connectivity index (χ2n) is 5.86. The molecule has 114 valence electrons. The molecule has 1 aromatic heterocycles. The molecule has 1 aliphatic rings. The zero-order valence-electron chi connectivity index (χ0n) is 12.6. The summed E-state index contributed by atoms with van der Waals surface area (Å²) in [6, 6.07) is 0.211. The Bertz CT molecular complexity index is 446. The summed E-state index contributed by atoms with van der Waals surface area (Å²) in [5.74, 6) is 0.841. The van der Waals surface area contributed by atoms with E-state index in [1.54, 1.807) is 4.68 Å². The van der Waals surface area contributed by atoms with Crippen LogP contribution in [0, 0.1) is 11.8 Å². The van der Waals surface area contributed by atoms with Crippen LogP contribution < -0.4 is 10.6 Å². The Morgan fingerprint density at radius 1 is 1.45 bits per heavy atom. The number of rotatable bonds is 4. The maximum absolute atomic E-state index is 12.4. The minimum absolute atomic E-state index is 0. The normalized spacial score (nSPS) is 23.4. The van der Waals surface area contributed by atoms with Crippen molar-refractivity contribution in [3.63, 3.8) is 0 Å². The lowest BCUT2D eigenvalue weighted by molar-refractivity contribution is -0.125. The fourth-order valence-electron chi connectivity index (χ4n) is 2.43. The molecule has 6 heteroatoms. The molecule has 2 rings (SSSR count). The van der Waals surface area contributed by atoms with Crippen molar-refractivity contribution in [2.75, 3.05) is 13.1 Å². The minimum atomic E-state index is 0. The summed E-state index contributed by atoms with van der Waals surface area (Å²) >= 11 is 0. The van der Waals surface area contributed by atoms with Gasteiger partial charge in [-0.25, -0.2) is 0 Å². The van der Waals surface area contributed by atoms with Crippen LogP contribution in [0.4, 0.5) is 0 Å². The highest BCUT2D eigenvalue weighted by atomic mass is 35.5. The Kier molecular flexibility index (Phi) is 6.02. The predicted molar refractivity (Wildman–Crippen MR) is 82.0 cm³/mol. The number of aromatic nitrogens is 2. The van der Waals surface area contributed by atoms with Gasteiger partial charge in [0.25, 0.3) is 0 Å². The number of aryl methyl sites for hydroxylation is 1. The number of amides is 1. The van der Waals surface area contributed by atoms with Gasteiger partial charge in [0.05, 0.1) is 12.1 Å². The topological polar surface area (TPSA) is 59.0 Å². The van der Waals surface area contributed by atoms with Crippen molar-refractivity contribution in [2.24, 2.45) is 18.9 Å². The molecular weight excluding hydrogens is 276 g/mol. The summed E-state index contributed by atoms with van der Waals surface area (Å²) in [4.78, 5) is 12.4. The quantitative estimate of drug-likeness (QED) is 0.881. The van der Waals surface area contributed by atoms with Crippen molar-refractivity contribution in [1.29, 1.82) is 0 Å². The van der Waals surface area contributed by atoms with E-state index in [-0.39, 0.29) is 36.2 Å². The third-order valence-corrected chi connectivity index (χ3v) is 4.07. The maximum atomic E-state index is 12.4. The molecule has 1 amide bonds. The number of carbonyl (C=O) groups is 1. The molecule has 2 N–H and O–H groups in total. The summed E-state index contributed by atoms with van der Waals surface area (Å²) in [5, 5.41) is 10.6. The third kappa shape index (κ3) is 3.73. The highest BCUT2D eigenvalue weighted by Gasteiger charge is 2.35. The first-order valence-electron chi connectivity index (χ1n) is 6.98. The minimum Gasteiger partial charge on any atom is -0.353 e. The Labute approximate surface area is 126 Å². The largest absolute Gasteiger partial charge is 0.353 e. The van der Waals surface area contributed by atoms with Gasteiger partial charge >= 0.3 is 0 Å². The van der Waals surface area contributed by atoms with E-state index in [1.807, 2.05) is 19.4 Å². The monoisotopic (exact) mass is 300 g/mol. The van der Waals surface area contributed by atoms with Gasteiger partial charge in [0.15, 0.2) is 0 Å². The standard InChI is InChI=1S/C14H24N4O.ClH/c1-9(2)10(3)17-14(19)13-7-15-6-12(13)11-5-16-18(4)8-11;/h5,8-10,12-13,15H,6-7H2,1-4H3,(H,17,19);1H/t10?,12-,13+;/m1./s1. The number of hydrogen-bond acceptors (Lipinski definition) is 3. The van der Waals surface area contributed by atoms with Crippen LogP contribution >= 0.6 is 12.4 Å². The van der Waals surface area contributed by atoms with Crippen molar-refractivity contribution in [3.8, 4) is 0 Å². The van der Waals surface area contributed by atoms with Crippen LogP contribution in [-0.4, -0.2) is 34.8 Å².